The molecule has 3 aromatic carbocycles. The average molecular weight is 529 g/mol. The Balaban J connectivity index is 1.30. The van der Waals surface area contributed by atoms with E-state index in [4.69, 9.17) is 16.3 Å². The zero-order valence-electron chi connectivity index (χ0n) is 21.3. The van der Waals surface area contributed by atoms with E-state index < -0.39 is 0 Å². The first kappa shape index (κ1) is 25.8. The number of benzene rings is 3. The van der Waals surface area contributed by atoms with Gasteiger partial charge in [-0.3, -0.25) is 4.79 Å². The van der Waals surface area contributed by atoms with Crippen molar-refractivity contribution >= 4 is 34.8 Å². The zero-order valence-corrected chi connectivity index (χ0v) is 22.1. The zero-order chi connectivity index (χ0) is 26.5. The lowest BCUT2D eigenvalue weighted by molar-refractivity contribution is -0.786. The molecule has 4 aromatic rings. The van der Waals surface area contributed by atoms with Crippen LogP contribution in [0.3, 0.4) is 0 Å². The summed E-state index contributed by atoms with van der Waals surface area (Å²) in [7, 11) is 0. The van der Waals surface area contributed by atoms with Gasteiger partial charge in [-0.1, -0.05) is 29.8 Å². The third-order valence-corrected chi connectivity index (χ3v) is 7.22. The second-order valence-corrected chi connectivity index (χ2v) is 9.92. The van der Waals surface area contributed by atoms with Gasteiger partial charge in [0, 0.05) is 60.2 Å². The van der Waals surface area contributed by atoms with Gasteiger partial charge in [0.1, 0.15) is 17.5 Å². The van der Waals surface area contributed by atoms with Crippen molar-refractivity contribution in [1.29, 1.82) is 0 Å². The number of carbonyl (C=O) groups is 2. The molecule has 38 heavy (non-hydrogen) atoms. The molecule has 0 saturated carbocycles. The molecule has 2 amide bonds. The molecule has 194 valence electrons. The summed E-state index contributed by atoms with van der Waals surface area (Å²) in [5.74, 6) is 0.707. The summed E-state index contributed by atoms with van der Waals surface area (Å²) in [4.78, 5) is 28.9. The van der Waals surface area contributed by atoms with E-state index >= 15 is 0 Å². The fourth-order valence-electron chi connectivity index (χ4n) is 5.16. The highest BCUT2D eigenvalue weighted by Crippen LogP contribution is 2.34. The molecule has 1 aromatic heterocycles. The first-order valence-corrected chi connectivity index (χ1v) is 13.3. The van der Waals surface area contributed by atoms with Crippen LogP contribution < -0.4 is 14.5 Å². The van der Waals surface area contributed by atoms with Crippen LogP contribution in [0.25, 0.3) is 0 Å². The van der Waals surface area contributed by atoms with Gasteiger partial charge in [0.2, 0.25) is 0 Å². The summed E-state index contributed by atoms with van der Waals surface area (Å²) in [5.41, 5.74) is 3.29. The maximum absolute atomic E-state index is 13.6. The number of amides is 2. The van der Waals surface area contributed by atoms with Crippen molar-refractivity contribution in [3.63, 3.8) is 0 Å². The van der Waals surface area contributed by atoms with Crippen LogP contribution >= 0.6 is 11.6 Å². The molecule has 0 saturated heterocycles. The van der Waals surface area contributed by atoms with E-state index in [0.717, 1.165) is 40.6 Å². The molecule has 0 spiro atoms. The monoisotopic (exact) mass is 528 g/mol. The molecular formula is C31H31ClN3O3+. The SMILES string of the molecule is CC(=O)[NH+](c1ccc(Cl)cc1)C1CCN(C(=O)c2ccc(OCCCn3cccc3)cc2)c2ccccc21. The predicted octanol–water partition coefficient (Wildman–Crippen LogP) is 5.47. The van der Waals surface area contributed by atoms with Crippen LogP contribution in [0.4, 0.5) is 11.4 Å². The van der Waals surface area contributed by atoms with Crippen LogP contribution in [0.5, 0.6) is 5.75 Å². The lowest BCUT2D eigenvalue weighted by Crippen LogP contribution is -3.10. The summed E-state index contributed by atoms with van der Waals surface area (Å²) < 4.78 is 8.00. The van der Waals surface area contributed by atoms with Gasteiger partial charge in [-0.25, -0.2) is 9.69 Å². The lowest BCUT2D eigenvalue weighted by Gasteiger charge is -2.36. The Kier molecular flexibility index (Phi) is 7.91. The Morgan fingerprint density at radius 1 is 0.947 bits per heavy atom. The van der Waals surface area contributed by atoms with Crippen molar-refractivity contribution in [2.75, 3.05) is 18.1 Å². The van der Waals surface area contributed by atoms with Gasteiger partial charge >= 0.3 is 5.91 Å². The van der Waals surface area contributed by atoms with E-state index in [-0.39, 0.29) is 17.9 Å². The van der Waals surface area contributed by atoms with Gasteiger partial charge in [-0.05, 0) is 61.0 Å². The first-order valence-electron chi connectivity index (χ1n) is 12.9. The minimum atomic E-state index is -0.101. The number of carbonyl (C=O) groups excluding carboxylic acids is 2. The van der Waals surface area contributed by atoms with Gasteiger partial charge in [0.15, 0.2) is 0 Å². The number of rotatable bonds is 8. The number of fused-ring (bicyclic) bond motifs is 1. The Hall–Kier alpha value is -3.87. The highest BCUT2D eigenvalue weighted by molar-refractivity contribution is 6.30. The largest absolute Gasteiger partial charge is 0.494 e. The average Bonchev–Trinajstić information content (AvgIpc) is 3.46. The van der Waals surface area contributed by atoms with Crippen molar-refractivity contribution < 1.29 is 19.2 Å². The van der Waals surface area contributed by atoms with E-state index in [0.29, 0.717) is 30.2 Å². The van der Waals surface area contributed by atoms with Crippen LogP contribution in [0.1, 0.15) is 41.7 Å². The Morgan fingerprint density at radius 3 is 2.37 bits per heavy atom. The number of ether oxygens (including phenoxy) is 1. The fraction of sp³-hybridized carbons (Fsp3) is 0.226. The number of para-hydroxylation sites is 1. The highest BCUT2D eigenvalue weighted by atomic mass is 35.5. The molecule has 2 heterocycles. The van der Waals surface area contributed by atoms with Crippen LogP contribution in [-0.4, -0.2) is 29.5 Å². The number of halogens is 1. The molecule has 0 fully saturated rings. The minimum absolute atomic E-state index is 0.0239. The highest BCUT2D eigenvalue weighted by Gasteiger charge is 2.37. The van der Waals surface area contributed by atoms with Gasteiger partial charge in [-0.15, -0.1) is 0 Å². The van der Waals surface area contributed by atoms with Crippen LogP contribution in [0.15, 0.2) is 97.3 Å². The molecule has 5 rings (SSSR count). The van der Waals surface area contributed by atoms with Crippen molar-refractivity contribution in [3.05, 3.63) is 113 Å². The molecule has 0 aliphatic carbocycles. The van der Waals surface area contributed by atoms with Crippen LogP contribution in [-0.2, 0) is 11.3 Å². The summed E-state index contributed by atoms with van der Waals surface area (Å²) >= 11 is 6.09. The van der Waals surface area contributed by atoms with Gasteiger partial charge in [0.25, 0.3) is 5.91 Å². The third kappa shape index (κ3) is 5.67. The van der Waals surface area contributed by atoms with Crippen LogP contribution in [0.2, 0.25) is 5.02 Å². The van der Waals surface area contributed by atoms with Gasteiger partial charge < -0.3 is 14.2 Å². The standard InChI is InChI=1S/C31H30ClN3O3/c1-23(36)35(26-13-11-25(32)12-14-26)30-17-21-34(29-8-3-2-7-28(29)30)31(37)24-9-15-27(16-10-24)38-22-6-20-33-18-4-5-19-33/h2-5,7-16,18-19,30H,6,17,20-22H2,1H3/p+1. The molecule has 1 N–H and O–H groups in total. The van der Waals surface area contributed by atoms with Crippen molar-refractivity contribution in [2.45, 2.75) is 32.4 Å². The number of hydrogen-bond acceptors (Lipinski definition) is 3. The molecule has 1 aliphatic rings. The molecular weight excluding hydrogens is 498 g/mol. The van der Waals surface area contributed by atoms with Crippen LogP contribution in [0, 0.1) is 0 Å². The Bertz CT molecular complexity index is 1380. The lowest BCUT2D eigenvalue weighted by atomic mass is 9.93. The van der Waals surface area contributed by atoms with E-state index in [1.54, 1.807) is 19.1 Å². The van der Waals surface area contributed by atoms with Gasteiger partial charge in [-0.2, -0.15) is 0 Å². The summed E-state index contributed by atoms with van der Waals surface area (Å²) in [6, 6.07) is 26.5. The number of aryl methyl sites for hydroxylation is 1. The van der Waals surface area contributed by atoms with Gasteiger partial charge in [0.05, 0.1) is 19.2 Å². The fourth-order valence-corrected chi connectivity index (χ4v) is 5.28. The first-order chi connectivity index (χ1) is 18.5. The number of quaternary nitrogens is 1. The molecule has 0 radical (unpaired) electrons. The van der Waals surface area contributed by atoms with Crippen molar-refractivity contribution in [2.24, 2.45) is 0 Å². The molecule has 6 nitrogen and oxygen atoms in total. The number of anilines is 1. The number of hydrogen-bond donors (Lipinski definition) is 1. The number of nitrogens with one attached hydrogen (secondary N) is 1. The Labute approximate surface area is 228 Å². The second-order valence-electron chi connectivity index (χ2n) is 9.48. The summed E-state index contributed by atoms with van der Waals surface area (Å²) in [5, 5.41) is 0.630. The predicted molar refractivity (Wildman–Crippen MR) is 149 cm³/mol. The number of aromatic nitrogens is 1. The molecule has 2 unspecified atom stereocenters. The number of nitrogens with zero attached hydrogens (tertiary/aromatic N) is 2. The smallest absolute Gasteiger partial charge is 0.314 e. The molecule has 1 aliphatic heterocycles. The summed E-state index contributed by atoms with van der Waals surface area (Å²) in [6.45, 7) is 3.63. The minimum Gasteiger partial charge on any atom is -0.494 e. The molecule has 7 heteroatoms. The molecule has 0 bridgehead atoms. The molecule has 2 atom stereocenters. The van der Waals surface area contributed by atoms with Crippen molar-refractivity contribution in [3.8, 4) is 5.75 Å². The van der Waals surface area contributed by atoms with Crippen molar-refractivity contribution in [1.82, 2.24) is 4.57 Å². The maximum Gasteiger partial charge on any atom is 0.314 e. The normalized spacial score (nSPS) is 15.5. The quantitative estimate of drug-likeness (QED) is 0.309. The van der Waals surface area contributed by atoms with E-state index in [1.807, 2.05) is 90.1 Å². The summed E-state index contributed by atoms with van der Waals surface area (Å²) in [6.07, 6.45) is 5.63. The van der Waals surface area contributed by atoms with E-state index in [9.17, 15) is 9.59 Å². The van der Waals surface area contributed by atoms with E-state index in [1.165, 1.54) is 0 Å². The third-order valence-electron chi connectivity index (χ3n) is 6.97. The second kappa shape index (κ2) is 11.7. The van der Waals surface area contributed by atoms with E-state index in [2.05, 4.69) is 4.57 Å². The Morgan fingerprint density at radius 2 is 1.66 bits per heavy atom. The maximum atomic E-state index is 13.6. The topological polar surface area (TPSA) is 56.0 Å².